The van der Waals surface area contributed by atoms with Crippen LogP contribution in [0.2, 0.25) is 0 Å². The summed E-state index contributed by atoms with van der Waals surface area (Å²) < 4.78 is 30.5. The second-order valence-electron chi connectivity index (χ2n) is 5.46. The maximum atomic E-state index is 12.6. The lowest BCUT2D eigenvalue weighted by Crippen LogP contribution is -2.53. The number of hydrogen-bond acceptors (Lipinski definition) is 3. The van der Waals surface area contributed by atoms with Crippen LogP contribution in [0.15, 0.2) is 18.2 Å². The van der Waals surface area contributed by atoms with Gasteiger partial charge in [-0.15, -0.1) is 0 Å². The van der Waals surface area contributed by atoms with Crippen molar-refractivity contribution in [1.29, 1.82) is 0 Å². The summed E-state index contributed by atoms with van der Waals surface area (Å²) in [7, 11) is 0. The number of aryl methyl sites for hydroxylation is 2. The molecule has 0 radical (unpaired) electrons. The van der Waals surface area contributed by atoms with E-state index < -0.39 is 19.0 Å². The molecule has 0 saturated carbocycles. The van der Waals surface area contributed by atoms with Crippen molar-refractivity contribution in [1.82, 2.24) is 4.90 Å². The van der Waals surface area contributed by atoms with Crippen LogP contribution >= 0.6 is 0 Å². The van der Waals surface area contributed by atoms with Crippen molar-refractivity contribution in [2.75, 3.05) is 31.6 Å². The van der Waals surface area contributed by atoms with E-state index in [1.54, 1.807) is 0 Å². The number of anilines is 1. The number of hydrogen-bond donors (Lipinski definition) is 1. The molecule has 1 aliphatic heterocycles. The van der Waals surface area contributed by atoms with Gasteiger partial charge in [-0.1, -0.05) is 13.0 Å². The smallest absolute Gasteiger partial charge is 0.251 e. The molecule has 1 atom stereocenters. The Hall–Kier alpha value is -1.53. The van der Waals surface area contributed by atoms with E-state index in [2.05, 4.69) is 5.32 Å². The van der Waals surface area contributed by atoms with Gasteiger partial charge in [0.05, 0.1) is 19.8 Å². The van der Waals surface area contributed by atoms with Crippen molar-refractivity contribution < 1.29 is 18.3 Å². The van der Waals surface area contributed by atoms with Gasteiger partial charge in [0.1, 0.15) is 6.04 Å². The van der Waals surface area contributed by atoms with E-state index in [1.165, 1.54) is 10.5 Å². The number of benzene rings is 1. The van der Waals surface area contributed by atoms with Crippen LogP contribution < -0.4 is 5.32 Å². The Labute approximate surface area is 129 Å². The lowest BCUT2D eigenvalue weighted by atomic mass is 10.1. The van der Waals surface area contributed by atoms with Crippen molar-refractivity contribution in [3.8, 4) is 0 Å². The van der Waals surface area contributed by atoms with E-state index in [1.807, 2.05) is 32.0 Å². The molecule has 1 heterocycles. The van der Waals surface area contributed by atoms with Gasteiger partial charge < -0.3 is 10.1 Å². The molecular weight excluding hydrogens is 290 g/mol. The van der Waals surface area contributed by atoms with Crippen LogP contribution in [0.5, 0.6) is 0 Å². The predicted molar refractivity (Wildman–Crippen MR) is 81.4 cm³/mol. The molecule has 0 spiro atoms. The molecule has 1 fully saturated rings. The summed E-state index contributed by atoms with van der Waals surface area (Å²) in [6.45, 7) is 4.52. The fourth-order valence-corrected chi connectivity index (χ4v) is 2.63. The van der Waals surface area contributed by atoms with Crippen LogP contribution in [-0.4, -0.2) is 49.6 Å². The normalized spacial score (nSPS) is 19.4. The molecule has 1 aromatic rings. The SMILES string of the molecule is CCc1cc(NC(=O)C2COCCN2CC(F)F)ccc1C. The Balaban J connectivity index is 2.06. The van der Waals surface area contributed by atoms with E-state index in [0.29, 0.717) is 18.8 Å². The first-order chi connectivity index (χ1) is 10.5. The molecule has 0 aromatic heterocycles. The summed E-state index contributed by atoms with van der Waals surface area (Å²) in [5.74, 6) is -0.300. The van der Waals surface area contributed by atoms with Gasteiger partial charge >= 0.3 is 0 Å². The van der Waals surface area contributed by atoms with Gasteiger partial charge in [0.25, 0.3) is 6.43 Å². The standard InChI is InChI=1S/C16H22F2N2O2/c1-3-12-8-13(5-4-11(12)2)19-16(21)14-10-22-7-6-20(14)9-15(17)18/h4-5,8,14-15H,3,6-7,9-10H2,1-2H3,(H,19,21). The second kappa shape index (κ2) is 7.65. The van der Waals surface area contributed by atoms with Crippen LogP contribution in [0.25, 0.3) is 0 Å². The Morgan fingerprint density at radius 3 is 2.95 bits per heavy atom. The third-order valence-electron chi connectivity index (χ3n) is 3.91. The van der Waals surface area contributed by atoms with Gasteiger partial charge in [-0.2, -0.15) is 0 Å². The first kappa shape index (κ1) is 16.8. The molecular formula is C16H22F2N2O2. The van der Waals surface area contributed by atoms with E-state index in [9.17, 15) is 13.6 Å². The topological polar surface area (TPSA) is 41.6 Å². The zero-order chi connectivity index (χ0) is 16.1. The summed E-state index contributed by atoms with van der Waals surface area (Å²) in [6, 6.07) is 5.03. The third-order valence-corrected chi connectivity index (χ3v) is 3.91. The molecule has 1 saturated heterocycles. The fourth-order valence-electron chi connectivity index (χ4n) is 2.63. The lowest BCUT2D eigenvalue weighted by molar-refractivity contribution is -0.128. The average Bonchev–Trinajstić information content (AvgIpc) is 2.49. The molecule has 0 aliphatic carbocycles. The van der Waals surface area contributed by atoms with Gasteiger partial charge in [0, 0.05) is 12.2 Å². The monoisotopic (exact) mass is 312 g/mol. The van der Waals surface area contributed by atoms with Crippen molar-refractivity contribution in [2.45, 2.75) is 32.7 Å². The molecule has 1 N–H and O–H groups in total. The van der Waals surface area contributed by atoms with Gasteiger partial charge in [0.15, 0.2) is 0 Å². The molecule has 6 heteroatoms. The summed E-state index contributed by atoms with van der Waals surface area (Å²) in [6.07, 6.45) is -1.58. The minimum Gasteiger partial charge on any atom is -0.378 e. The second-order valence-corrected chi connectivity index (χ2v) is 5.46. The largest absolute Gasteiger partial charge is 0.378 e. The molecule has 22 heavy (non-hydrogen) atoms. The summed E-state index contributed by atoms with van der Waals surface area (Å²) in [4.78, 5) is 13.9. The van der Waals surface area contributed by atoms with Crippen molar-refractivity contribution >= 4 is 11.6 Å². The van der Waals surface area contributed by atoms with Gasteiger partial charge in [-0.25, -0.2) is 8.78 Å². The molecule has 2 rings (SSSR count). The maximum absolute atomic E-state index is 12.6. The van der Waals surface area contributed by atoms with Gasteiger partial charge in [-0.3, -0.25) is 9.69 Å². The third kappa shape index (κ3) is 4.24. The van der Waals surface area contributed by atoms with Crippen molar-refractivity contribution in [2.24, 2.45) is 0 Å². The Morgan fingerprint density at radius 1 is 1.50 bits per heavy atom. The number of morpholine rings is 1. The molecule has 1 aromatic carbocycles. The number of nitrogens with one attached hydrogen (secondary N) is 1. The van der Waals surface area contributed by atoms with E-state index in [4.69, 9.17) is 4.74 Å². The molecule has 1 aliphatic rings. The lowest BCUT2D eigenvalue weighted by Gasteiger charge is -2.34. The quantitative estimate of drug-likeness (QED) is 0.908. The highest BCUT2D eigenvalue weighted by Crippen LogP contribution is 2.17. The Bertz CT molecular complexity index is 523. The van der Waals surface area contributed by atoms with Crippen LogP contribution in [0.1, 0.15) is 18.1 Å². The summed E-state index contributed by atoms with van der Waals surface area (Å²) in [5.41, 5.74) is 3.01. The number of amides is 1. The fraction of sp³-hybridized carbons (Fsp3) is 0.562. The number of rotatable bonds is 5. The summed E-state index contributed by atoms with van der Waals surface area (Å²) in [5, 5.41) is 2.81. The Morgan fingerprint density at radius 2 is 2.27 bits per heavy atom. The van der Waals surface area contributed by atoms with Crippen LogP contribution in [-0.2, 0) is 16.0 Å². The minimum absolute atomic E-state index is 0.144. The van der Waals surface area contributed by atoms with Crippen molar-refractivity contribution in [3.63, 3.8) is 0 Å². The number of halogens is 2. The van der Waals surface area contributed by atoms with E-state index >= 15 is 0 Å². The molecule has 1 amide bonds. The van der Waals surface area contributed by atoms with Crippen LogP contribution in [0, 0.1) is 6.92 Å². The van der Waals surface area contributed by atoms with Crippen LogP contribution in [0.3, 0.4) is 0 Å². The molecule has 0 bridgehead atoms. The Kier molecular flexibility index (Phi) is 5.85. The zero-order valence-electron chi connectivity index (χ0n) is 12.9. The van der Waals surface area contributed by atoms with E-state index in [-0.39, 0.29) is 12.5 Å². The first-order valence-electron chi connectivity index (χ1n) is 7.51. The number of carbonyl (C=O) groups excluding carboxylic acids is 1. The summed E-state index contributed by atoms with van der Waals surface area (Å²) >= 11 is 0. The van der Waals surface area contributed by atoms with Crippen molar-refractivity contribution in [3.05, 3.63) is 29.3 Å². The van der Waals surface area contributed by atoms with Gasteiger partial charge in [0.2, 0.25) is 5.91 Å². The molecule has 122 valence electrons. The highest BCUT2D eigenvalue weighted by molar-refractivity contribution is 5.95. The highest BCUT2D eigenvalue weighted by Gasteiger charge is 2.31. The first-order valence-corrected chi connectivity index (χ1v) is 7.51. The average molecular weight is 312 g/mol. The maximum Gasteiger partial charge on any atom is 0.251 e. The minimum atomic E-state index is -2.46. The van der Waals surface area contributed by atoms with E-state index in [0.717, 1.165) is 12.0 Å². The number of nitrogens with zero attached hydrogens (tertiary/aromatic N) is 1. The molecule has 1 unspecified atom stereocenters. The number of carbonyl (C=O) groups is 1. The number of alkyl halides is 2. The van der Waals surface area contributed by atoms with Gasteiger partial charge in [-0.05, 0) is 36.6 Å². The zero-order valence-corrected chi connectivity index (χ0v) is 12.9. The van der Waals surface area contributed by atoms with Crippen LogP contribution in [0.4, 0.5) is 14.5 Å². The highest BCUT2D eigenvalue weighted by atomic mass is 19.3. The number of ether oxygens (including phenoxy) is 1. The molecule has 4 nitrogen and oxygen atoms in total. The predicted octanol–water partition coefficient (Wildman–Crippen LogP) is 2.46.